The van der Waals surface area contributed by atoms with Crippen LogP contribution in [0.3, 0.4) is 0 Å². The summed E-state index contributed by atoms with van der Waals surface area (Å²) in [5, 5.41) is 3.66. The van der Waals surface area contributed by atoms with E-state index in [4.69, 9.17) is 9.47 Å². The first-order valence-electron chi connectivity index (χ1n) is 5.52. The zero-order valence-corrected chi connectivity index (χ0v) is 11.5. The van der Waals surface area contributed by atoms with Crippen molar-refractivity contribution in [1.82, 2.24) is 9.97 Å². The molecular formula is C11H17N3O3S. The van der Waals surface area contributed by atoms with Crippen molar-refractivity contribution in [1.29, 1.82) is 0 Å². The summed E-state index contributed by atoms with van der Waals surface area (Å²) in [6.07, 6.45) is 0. The minimum absolute atomic E-state index is 0.237. The molecule has 0 saturated carbocycles. The van der Waals surface area contributed by atoms with Gasteiger partial charge in [0.2, 0.25) is 0 Å². The highest BCUT2D eigenvalue weighted by Crippen LogP contribution is 2.19. The summed E-state index contributed by atoms with van der Waals surface area (Å²) in [5.74, 6) is 1.26. The number of hydrogen-bond donors (Lipinski definition) is 1. The van der Waals surface area contributed by atoms with E-state index in [1.165, 1.54) is 11.8 Å². The molecule has 0 unspecified atom stereocenters. The van der Waals surface area contributed by atoms with Crippen LogP contribution < -0.4 is 5.32 Å². The van der Waals surface area contributed by atoms with Gasteiger partial charge >= 0.3 is 5.97 Å². The lowest BCUT2D eigenvalue weighted by Crippen LogP contribution is -2.08. The molecule has 0 aliphatic heterocycles. The lowest BCUT2D eigenvalue weighted by Gasteiger charge is -2.07. The molecule has 0 bridgehead atoms. The Labute approximate surface area is 110 Å². The van der Waals surface area contributed by atoms with Crippen molar-refractivity contribution in [2.24, 2.45) is 0 Å². The summed E-state index contributed by atoms with van der Waals surface area (Å²) in [7, 11) is 3.36. The molecule has 0 radical (unpaired) electrons. The summed E-state index contributed by atoms with van der Waals surface area (Å²) in [6.45, 7) is 2.51. The fourth-order valence-corrected chi connectivity index (χ4v) is 1.92. The van der Waals surface area contributed by atoms with Gasteiger partial charge in [0.05, 0.1) is 12.4 Å². The number of hydrogen-bond acceptors (Lipinski definition) is 7. The average molecular weight is 271 g/mol. The molecular weight excluding hydrogens is 254 g/mol. The van der Waals surface area contributed by atoms with Crippen molar-refractivity contribution >= 4 is 23.5 Å². The van der Waals surface area contributed by atoms with E-state index in [1.54, 1.807) is 27.1 Å². The highest BCUT2D eigenvalue weighted by Gasteiger charge is 2.08. The summed E-state index contributed by atoms with van der Waals surface area (Å²) in [5.41, 5.74) is 0. The molecule has 0 atom stereocenters. The van der Waals surface area contributed by atoms with Crippen LogP contribution >= 0.6 is 11.8 Å². The van der Waals surface area contributed by atoms with Crippen LogP contribution in [0, 0.1) is 0 Å². The fourth-order valence-electron chi connectivity index (χ4n) is 1.20. The van der Waals surface area contributed by atoms with Crippen molar-refractivity contribution in [3.8, 4) is 0 Å². The highest BCUT2D eigenvalue weighted by atomic mass is 32.2. The zero-order valence-electron chi connectivity index (χ0n) is 10.7. The van der Waals surface area contributed by atoms with Crippen molar-refractivity contribution in [3.63, 3.8) is 0 Å². The third-order valence-electron chi connectivity index (χ3n) is 1.92. The second kappa shape index (κ2) is 7.88. The molecule has 100 valence electrons. The van der Waals surface area contributed by atoms with E-state index < -0.39 is 0 Å². The second-order valence-corrected chi connectivity index (χ2v) is 4.28. The minimum atomic E-state index is -0.250. The normalized spacial score (nSPS) is 10.2. The van der Waals surface area contributed by atoms with Crippen LogP contribution in [-0.4, -0.2) is 42.5 Å². The van der Waals surface area contributed by atoms with Crippen LogP contribution in [0.5, 0.6) is 0 Å². The quantitative estimate of drug-likeness (QED) is 0.455. The number of anilines is 1. The molecule has 0 saturated heterocycles. The molecule has 7 heteroatoms. The maximum absolute atomic E-state index is 11.3. The summed E-state index contributed by atoms with van der Waals surface area (Å²) < 4.78 is 9.85. The first-order chi connectivity index (χ1) is 8.69. The van der Waals surface area contributed by atoms with Crippen LogP contribution in [0.2, 0.25) is 0 Å². The fraction of sp³-hybridized carbons (Fsp3) is 0.545. The van der Waals surface area contributed by atoms with Gasteiger partial charge in [-0.1, -0.05) is 11.8 Å². The number of carbonyl (C=O) groups is 1. The topological polar surface area (TPSA) is 73.3 Å². The zero-order chi connectivity index (χ0) is 13.4. The van der Waals surface area contributed by atoms with E-state index in [1.807, 2.05) is 0 Å². The van der Waals surface area contributed by atoms with Gasteiger partial charge in [-0.2, -0.15) is 0 Å². The standard InChI is InChI=1S/C11H17N3O3S/c1-4-17-11(15)7-18-10-5-8(12-2)13-9(14-10)6-16-3/h5H,4,6-7H2,1-3H3,(H,12,13,14). The highest BCUT2D eigenvalue weighted by molar-refractivity contribution is 7.99. The Morgan fingerprint density at radius 3 is 2.89 bits per heavy atom. The monoisotopic (exact) mass is 271 g/mol. The maximum Gasteiger partial charge on any atom is 0.316 e. The van der Waals surface area contributed by atoms with Crippen LogP contribution in [-0.2, 0) is 20.9 Å². The molecule has 1 heterocycles. The Morgan fingerprint density at radius 1 is 1.50 bits per heavy atom. The second-order valence-electron chi connectivity index (χ2n) is 3.28. The van der Waals surface area contributed by atoms with Gasteiger partial charge < -0.3 is 14.8 Å². The molecule has 1 aromatic heterocycles. The molecule has 1 aromatic rings. The van der Waals surface area contributed by atoms with E-state index in [0.29, 0.717) is 24.9 Å². The van der Waals surface area contributed by atoms with Gasteiger partial charge in [0.25, 0.3) is 0 Å². The van der Waals surface area contributed by atoms with Crippen molar-refractivity contribution in [2.45, 2.75) is 18.6 Å². The maximum atomic E-state index is 11.3. The van der Waals surface area contributed by atoms with Gasteiger partial charge in [-0.3, -0.25) is 4.79 Å². The Bertz CT molecular complexity index is 401. The van der Waals surface area contributed by atoms with Gasteiger partial charge in [0.15, 0.2) is 5.82 Å². The number of thioether (sulfide) groups is 1. The van der Waals surface area contributed by atoms with Crippen LogP contribution in [0.25, 0.3) is 0 Å². The largest absolute Gasteiger partial charge is 0.465 e. The van der Waals surface area contributed by atoms with Gasteiger partial charge in [-0.05, 0) is 6.92 Å². The SMILES string of the molecule is CCOC(=O)CSc1cc(NC)nc(COC)n1. The van der Waals surface area contributed by atoms with Gasteiger partial charge in [0, 0.05) is 20.2 Å². The van der Waals surface area contributed by atoms with E-state index in [0.717, 1.165) is 5.03 Å². The molecule has 0 spiro atoms. The third kappa shape index (κ3) is 4.89. The first-order valence-corrected chi connectivity index (χ1v) is 6.51. The minimum Gasteiger partial charge on any atom is -0.465 e. The molecule has 0 fully saturated rings. The molecule has 0 amide bonds. The van der Waals surface area contributed by atoms with Gasteiger partial charge in [0.1, 0.15) is 17.5 Å². The number of esters is 1. The van der Waals surface area contributed by atoms with E-state index >= 15 is 0 Å². The number of nitrogens with zero attached hydrogens (tertiary/aromatic N) is 2. The van der Waals surface area contributed by atoms with Gasteiger partial charge in [-0.15, -0.1) is 0 Å². The number of nitrogens with one attached hydrogen (secondary N) is 1. The Kier molecular flexibility index (Phi) is 6.45. The van der Waals surface area contributed by atoms with Crippen LogP contribution in [0.1, 0.15) is 12.7 Å². The van der Waals surface area contributed by atoms with Crippen molar-refractivity contribution < 1.29 is 14.3 Å². The van der Waals surface area contributed by atoms with Gasteiger partial charge in [-0.25, -0.2) is 9.97 Å². The predicted octanol–water partition coefficient (Wildman–Crippen LogP) is 1.32. The first kappa shape index (κ1) is 14.7. The number of methoxy groups -OCH3 is 1. The Balaban J connectivity index is 2.68. The summed E-state index contributed by atoms with van der Waals surface area (Å²) in [4.78, 5) is 19.8. The Morgan fingerprint density at radius 2 is 2.28 bits per heavy atom. The Hall–Kier alpha value is -1.34. The number of ether oxygens (including phenoxy) is 2. The molecule has 0 aliphatic carbocycles. The number of carbonyl (C=O) groups excluding carboxylic acids is 1. The molecule has 6 nitrogen and oxygen atoms in total. The average Bonchev–Trinajstić information content (AvgIpc) is 2.37. The van der Waals surface area contributed by atoms with Crippen molar-refractivity contribution in [3.05, 3.63) is 11.9 Å². The predicted molar refractivity (Wildman–Crippen MR) is 69.6 cm³/mol. The molecule has 18 heavy (non-hydrogen) atoms. The lowest BCUT2D eigenvalue weighted by molar-refractivity contribution is -0.139. The van der Waals surface area contributed by atoms with Crippen LogP contribution in [0.15, 0.2) is 11.1 Å². The van der Waals surface area contributed by atoms with E-state index in [2.05, 4.69) is 15.3 Å². The smallest absolute Gasteiger partial charge is 0.316 e. The number of aromatic nitrogens is 2. The molecule has 0 aliphatic rings. The summed E-state index contributed by atoms with van der Waals surface area (Å²) in [6, 6.07) is 1.78. The molecule has 1 rings (SSSR count). The number of rotatable bonds is 7. The lowest BCUT2D eigenvalue weighted by atomic mass is 10.5. The molecule has 1 N–H and O–H groups in total. The van der Waals surface area contributed by atoms with E-state index in [9.17, 15) is 4.79 Å². The van der Waals surface area contributed by atoms with Crippen molar-refractivity contribution in [2.75, 3.05) is 31.8 Å². The third-order valence-corrected chi connectivity index (χ3v) is 2.81. The summed E-state index contributed by atoms with van der Waals surface area (Å²) >= 11 is 1.32. The molecule has 0 aromatic carbocycles. The van der Waals surface area contributed by atoms with Crippen LogP contribution in [0.4, 0.5) is 5.82 Å². The van der Waals surface area contributed by atoms with E-state index in [-0.39, 0.29) is 11.7 Å².